The summed E-state index contributed by atoms with van der Waals surface area (Å²) in [5, 5.41) is 2.97. The van der Waals surface area contributed by atoms with E-state index in [0.717, 1.165) is 27.3 Å². The first-order valence-electron chi connectivity index (χ1n) is 8.02. The second-order valence-corrected chi connectivity index (χ2v) is 8.32. The molecule has 0 aromatic heterocycles. The lowest BCUT2D eigenvalue weighted by atomic mass is 9.99. The van der Waals surface area contributed by atoms with Gasteiger partial charge in [-0.15, -0.1) is 0 Å². The Morgan fingerprint density at radius 3 is 2.40 bits per heavy atom. The Bertz CT molecular complexity index is 891. The molecule has 0 saturated carbocycles. The third-order valence-electron chi connectivity index (χ3n) is 4.23. The van der Waals surface area contributed by atoms with Gasteiger partial charge < -0.3 is 5.32 Å². The van der Waals surface area contributed by atoms with Gasteiger partial charge in [0.15, 0.2) is 0 Å². The highest BCUT2D eigenvalue weighted by Gasteiger charge is 2.21. The van der Waals surface area contributed by atoms with Crippen LogP contribution in [-0.2, 0) is 10.0 Å². The Morgan fingerprint density at radius 1 is 1.12 bits per heavy atom. The second kappa shape index (κ2) is 7.27. The molecule has 0 aliphatic heterocycles. The van der Waals surface area contributed by atoms with Crippen LogP contribution in [0.25, 0.3) is 0 Å². The van der Waals surface area contributed by atoms with Crippen LogP contribution in [0.2, 0.25) is 0 Å². The molecule has 2 aromatic rings. The van der Waals surface area contributed by atoms with E-state index >= 15 is 0 Å². The molecule has 134 valence electrons. The normalized spacial score (nSPS) is 12.5. The molecule has 0 saturated heterocycles. The molecule has 0 spiro atoms. The summed E-state index contributed by atoms with van der Waals surface area (Å²) in [6.07, 6.45) is 1.11. The minimum absolute atomic E-state index is 0.191. The summed E-state index contributed by atoms with van der Waals surface area (Å²) in [7, 11) is -2.01. The van der Waals surface area contributed by atoms with Gasteiger partial charge in [0.25, 0.3) is 5.91 Å². The van der Waals surface area contributed by atoms with Crippen molar-refractivity contribution in [2.24, 2.45) is 0 Å². The molecule has 2 rings (SSSR count). The van der Waals surface area contributed by atoms with Crippen LogP contribution in [0.4, 0.5) is 5.69 Å². The molecule has 25 heavy (non-hydrogen) atoms. The summed E-state index contributed by atoms with van der Waals surface area (Å²) in [5.74, 6) is -0.306. The molecule has 2 aromatic carbocycles. The van der Waals surface area contributed by atoms with E-state index in [-0.39, 0.29) is 11.9 Å². The van der Waals surface area contributed by atoms with Gasteiger partial charge in [-0.1, -0.05) is 35.9 Å². The zero-order valence-corrected chi connectivity index (χ0v) is 16.0. The van der Waals surface area contributed by atoms with E-state index in [4.69, 9.17) is 0 Å². The molecule has 0 radical (unpaired) electrons. The Balaban J connectivity index is 2.32. The lowest BCUT2D eigenvalue weighted by molar-refractivity contribution is 0.0940. The van der Waals surface area contributed by atoms with E-state index in [0.29, 0.717) is 11.3 Å². The topological polar surface area (TPSA) is 66.5 Å². The molecular weight excluding hydrogens is 336 g/mol. The van der Waals surface area contributed by atoms with Crippen molar-refractivity contribution in [2.45, 2.75) is 26.8 Å². The largest absolute Gasteiger partial charge is 0.345 e. The van der Waals surface area contributed by atoms with E-state index in [2.05, 4.69) is 11.4 Å². The van der Waals surface area contributed by atoms with Gasteiger partial charge in [-0.2, -0.15) is 0 Å². The minimum atomic E-state index is -3.45. The van der Waals surface area contributed by atoms with Crippen LogP contribution >= 0.6 is 0 Å². The first-order chi connectivity index (χ1) is 11.6. The number of hydrogen-bond donors (Lipinski definition) is 1. The molecular formula is C19H24N2O3S. The molecule has 1 atom stereocenters. The fourth-order valence-corrected chi connectivity index (χ4v) is 3.21. The van der Waals surface area contributed by atoms with Crippen LogP contribution in [0.15, 0.2) is 42.5 Å². The standard InChI is InChI=1S/C19H24N2O3S/c1-13-10-11-14(2)17(12-13)15(3)20-19(22)16-8-6-7-9-18(16)21(4)25(5,23)24/h6-12,15H,1-5H3,(H,20,22). The van der Waals surface area contributed by atoms with Crippen molar-refractivity contribution in [3.05, 3.63) is 64.7 Å². The first-order valence-corrected chi connectivity index (χ1v) is 9.87. The van der Waals surface area contributed by atoms with Gasteiger partial charge in [0.1, 0.15) is 0 Å². The van der Waals surface area contributed by atoms with Crippen LogP contribution in [0.5, 0.6) is 0 Å². The monoisotopic (exact) mass is 360 g/mol. The van der Waals surface area contributed by atoms with Crippen LogP contribution in [0, 0.1) is 13.8 Å². The van der Waals surface area contributed by atoms with Gasteiger partial charge in [0.2, 0.25) is 10.0 Å². The average molecular weight is 360 g/mol. The SMILES string of the molecule is Cc1ccc(C)c(C(C)NC(=O)c2ccccc2N(C)S(C)(=O)=O)c1. The van der Waals surface area contributed by atoms with Crippen molar-refractivity contribution in [1.29, 1.82) is 0 Å². The summed E-state index contributed by atoms with van der Waals surface area (Å²) in [4.78, 5) is 12.7. The molecule has 0 aliphatic carbocycles. The lowest BCUT2D eigenvalue weighted by Crippen LogP contribution is -2.31. The molecule has 0 bridgehead atoms. The maximum absolute atomic E-state index is 12.7. The molecule has 6 heteroatoms. The number of carbonyl (C=O) groups excluding carboxylic acids is 1. The maximum Gasteiger partial charge on any atom is 0.253 e. The van der Waals surface area contributed by atoms with Crippen LogP contribution in [0.3, 0.4) is 0 Å². The third-order valence-corrected chi connectivity index (χ3v) is 5.43. The van der Waals surface area contributed by atoms with E-state index < -0.39 is 10.0 Å². The number of para-hydroxylation sites is 1. The van der Waals surface area contributed by atoms with Crippen molar-refractivity contribution in [1.82, 2.24) is 5.32 Å². The van der Waals surface area contributed by atoms with E-state index in [9.17, 15) is 13.2 Å². The number of aryl methyl sites for hydroxylation is 2. The Labute approximate surface area is 149 Å². The number of nitrogens with zero attached hydrogens (tertiary/aromatic N) is 1. The van der Waals surface area contributed by atoms with Crippen molar-refractivity contribution in [3.63, 3.8) is 0 Å². The van der Waals surface area contributed by atoms with E-state index in [1.165, 1.54) is 7.05 Å². The van der Waals surface area contributed by atoms with Gasteiger partial charge in [0, 0.05) is 7.05 Å². The summed E-state index contributed by atoms with van der Waals surface area (Å²) < 4.78 is 24.8. The quantitative estimate of drug-likeness (QED) is 0.890. The van der Waals surface area contributed by atoms with Crippen molar-refractivity contribution >= 4 is 21.6 Å². The summed E-state index contributed by atoms with van der Waals surface area (Å²) in [6, 6.07) is 12.6. The van der Waals surface area contributed by atoms with Gasteiger partial charge >= 0.3 is 0 Å². The molecule has 1 N–H and O–H groups in total. The number of nitrogens with one attached hydrogen (secondary N) is 1. The highest BCUT2D eigenvalue weighted by molar-refractivity contribution is 7.92. The first kappa shape index (κ1) is 19.0. The van der Waals surface area contributed by atoms with Gasteiger partial charge in [0.05, 0.1) is 23.5 Å². The molecule has 0 aliphatic rings. The Kier molecular flexibility index (Phi) is 5.52. The predicted octanol–water partition coefficient (Wildman–Crippen LogP) is 3.19. The summed E-state index contributed by atoms with van der Waals surface area (Å²) in [5.41, 5.74) is 3.95. The summed E-state index contributed by atoms with van der Waals surface area (Å²) in [6.45, 7) is 5.93. The zero-order valence-electron chi connectivity index (χ0n) is 15.2. The third kappa shape index (κ3) is 4.39. The number of anilines is 1. The fraction of sp³-hybridized carbons (Fsp3) is 0.316. The molecule has 1 amide bonds. The molecule has 5 nitrogen and oxygen atoms in total. The minimum Gasteiger partial charge on any atom is -0.345 e. The fourth-order valence-electron chi connectivity index (χ4n) is 2.70. The predicted molar refractivity (Wildman–Crippen MR) is 101 cm³/mol. The highest BCUT2D eigenvalue weighted by atomic mass is 32.2. The second-order valence-electron chi connectivity index (χ2n) is 6.30. The number of benzene rings is 2. The number of sulfonamides is 1. The molecule has 0 heterocycles. The number of carbonyl (C=O) groups is 1. The van der Waals surface area contributed by atoms with Crippen LogP contribution < -0.4 is 9.62 Å². The van der Waals surface area contributed by atoms with E-state index in [1.54, 1.807) is 24.3 Å². The van der Waals surface area contributed by atoms with Crippen molar-refractivity contribution < 1.29 is 13.2 Å². The highest BCUT2D eigenvalue weighted by Crippen LogP contribution is 2.24. The van der Waals surface area contributed by atoms with Crippen molar-refractivity contribution in [2.75, 3.05) is 17.6 Å². The van der Waals surface area contributed by atoms with E-state index in [1.807, 2.05) is 32.9 Å². The molecule has 1 unspecified atom stereocenters. The summed E-state index contributed by atoms with van der Waals surface area (Å²) >= 11 is 0. The maximum atomic E-state index is 12.7. The number of hydrogen-bond acceptors (Lipinski definition) is 3. The molecule has 0 fully saturated rings. The van der Waals surface area contributed by atoms with Crippen molar-refractivity contribution in [3.8, 4) is 0 Å². The Hall–Kier alpha value is -2.34. The number of rotatable bonds is 5. The number of amides is 1. The van der Waals surface area contributed by atoms with Crippen LogP contribution in [0.1, 0.15) is 40.0 Å². The average Bonchev–Trinajstić information content (AvgIpc) is 2.55. The van der Waals surface area contributed by atoms with Gasteiger partial charge in [-0.3, -0.25) is 9.10 Å². The van der Waals surface area contributed by atoms with Gasteiger partial charge in [-0.05, 0) is 44.0 Å². The lowest BCUT2D eigenvalue weighted by Gasteiger charge is -2.22. The Morgan fingerprint density at radius 2 is 1.76 bits per heavy atom. The van der Waals surface area contributed by atoms with Crippen LogP contribution in [-0.4, -0.2) is 27.6 Å². The zero-order chi connectivity index (χ0) is 18.8. The van der Waals surface area contributed by atoms with Gasteiger partial charge in [-0.25, -0.2) is 8.42 Å². The smallest absolute Gasteiger partial charge is 0.253 e.